The molecule has 0 saturated carbocycles. The maximum absolute atomic E-state index is 12.7. The van der Waals surface area contributed by atoms with Crippen molar-refractivity contribution in [2.24, 2.45) is 0 Å². The molecular formula is C7H6FNO5S. The first-order chi connectivity index (χ1) is 6.92. The molecule has 82 valence electrons. The van der Waals surface area contributed by atoms with Gasteiger partial charge in [0.2, 0.25) is 6.41 Å². The van der Waals surface area contributed by atoms with Crippen LogP contribution in [0.25, 0.3) is 0 Å². The zero-order valence-electron chi connectivity index (χ0n) is 7.18. The van der Waals surface area contributed by atoms with Crippen LogP contribution in [0.2, 0.25) is 0 Å². The third kappa shape index (κ3) is 3.52. The van der Waals surface area contributed by atoms with Crippen molar-refractivity contribution in [2.45, 2.75) is 0 Å². The molecule has 0 aromatic heterocycles. The molecule has 8 heteroatoms. The largest absolute Gasteiger partial charge is 0.446 e. The highest BCUT2D eigenvalue weighted by molar-refractivity contribution is 7.81. The van der Waals surface area contributed by atoms with Gasteiger partial charge in [-0.15, -0.1) is 0 Å². The first kappa shape index (κ1) is 11.4. The van der Waals surface area contributed by atoms with Crippen LogP contribution in [0.1, 0.15) is 0 Å². The number of amides is 1. The minimum atomic E-state index is -4.76. The van der Waals surface area contributed by atoms with Crippen LogP contribution < -0.4 is 9.50 Å². The Bertz CT molecular complexity index is 472. The first-order valence-corrected chi connectivity index (χ1v) is 4.95. The Morgan fingerprint density at radius 2 is 2.13 bits per heavy atom. The van der Waals surface area contributed by atoms with E-state index in [1.807, 2.05) is 0 Å². The van der Waals surface area contributed by atoms with Gasteiger partial charge in [0.1, 0.15) is 5.82 Å². The van der Waals surface area contributed by atoms with Gasteiger partial charge in [-0.2, -0.15) is 8.42 Å². The van der Waals surface area contributed by atoms with Crippen LogP contribution in [-0.2, 0) is 15.2 Å². The Kier molecular flexibility index (Phi) is 3.22. The van der Waals surface area contributed by atoms with E-state index >= 15 is 0 Å². The van der Waals surface area contributed by atoms with Gasteiger partial charge in [-0.25, -0.2) is 4.39 Å². The molecule has 0 spiro atoms. The van der Waals surface area contributed by atoms with Gasteiger partial charge >= 0.3 is 10.4 Å². The Hall–Kier alpha value is -1.67. The van der Waals surface area contributed by atoms with Crippen LogP contribution in [0, 0.1) is 5.82 Å². The van der Waals surface area contributed by atoms with Crippen molar-refractivity contribution in [3.63, 3.8) is 0 Å². The summed E-state index contributed by atoms with van der Waals surface area (Å²) in [5.74, 6) is -1.28. The molecule has 0 heterocycles. The van der Waals surface area contributed by atoms with Gasteiger partial charge in [0.15, 0.2) is 5.75 Å². The molecule has 15 heavy (non-hydrogen) atoms. The van der Waals surface area contributed by atoms with Gasteiger partial charge < -0.3 is 9.50 Å². The third-order valence-electron chi connectivity index (χ3n) is 1.35. The Morgan fingerprint density at radius 1 is 1.47 bits per heavy atom. The molecule has 6 nitrogen and oxygen atoms in total. The number of hydrogen-bond acceptors (Lipinski definition) is 4. The van der Waals surface area contributed by atoms with E-state index in [9.17, 15) is 17.6 Å². The lowest BCUT2D eigenvalue weighted by Gasteiger charge is -2.06. The number of carbonyl (C=O) groups is 1. The van der Waals surface area contributed by atoms with E-state index in [0.29, 0.717) is 6.07 Å². The second kappa shape index (κ2) is 4.24. The fraction of sp³-hybridized carbons (Fsp3) is 0. The first-order valence-electron chi connectivity index (χ1n) is 3.59. The highest BCUT2D eigenvalue weighted by Gasteiger charge is 2.12. The fourth-order valence-corrected chi connectivity index (χ4v) is 1.23. The molecule has 1 aromatic carbocycles. The molecule has 0 radical (unpaired) electrons. The van der Waals surface area contributed by atoms with Crippen LogP contribution >= 0.6 is 0 Å². The Labute approximate surface area is 84.6 Å². The summed E-state index contributed by atoms with van der Waals surface area (Å²) >= 11 is 0. The highest BCUT2D eigenvalue weighted by atomic mass is 32.3. The van der Waals surface area contributed by atoms with Gasteiger partial charge in [0.25, 0.3) is 0 Å². The number of rotatable bonds is 4. The molecule has 1 rings (SSSR count). The summed E-state index contributed by atoms with van der Waals surface area (Å²) in [4.78, 5) is 10.1. The van der Waals surface area contributed by atoms with Crippen molar-refractivity contribution in [2.75, 3.05) is 5.32 Å². The predicted octanol–water partition coefficient (Wildman–Crippen LogP) is 0.576. The number of anilines is 1. The monoisotopic (exact) mass is 235 g/mol. The predicted molar refractivity (Wildman–Crippen MR) is 48.3 cm³/mol. The van der Waals surface area contributed by atoms with E-state index in [4.69, 9.17) is 4.55 Å². The number of nitrogens with one attached hydrogen (secondary N) is 1. The summed E-state index contributed by atoms with van der Waals surface area (Å²) in [6.45, 7) is 0. The maximum Gasteiger partial charge on any atom is 0.446 e. The van der Waals surface area contributed by atoms with Crippen molar-refractivity contribution < 1.29 is 26.3 Å². The zero-order chi connectivity index (χ0) is 11.5. The summed E-state index contributed by atoms with van der Waals surface area (Å²) in [5, 5.41) is 2.08. The number of halogens is 1. The highest BCUT2D eigenvalue weighted by Crippen LogP contribution is 2.25. The molecule has 0 bridgehead atoms. The molecular weight excluding hydrogens is 229 g/mol. The quantitative estimate of drug-likeness (QED) is 0.588. The van der Waals surface area contributed by atoms with Crippen LogP contribution in [-0.4, -0.2) is 19.4 Å². The van der Waals surface area contributed by atoms with Crippen molar-refractivity contribution in [1.29, 1.82) is 0 Å². The molecule has 1 amide bonds. The van der Waals surface area contributed by atoms with E-state index in [2.05, 4.69) is 9.50 Å². The van der Waals surface area contributed by atoms with Gasteiger partial charge in [0, 0.05) is 6.07 Å². The molecule has 0 unspecified atom stereocenters. The summed E-state index contributed by atoms with van der Waals surface area (Å²) in [7, 11) is -4.76. The van der Waals surface area contributed by atoms with Crippen LogP contribution in [0.5, 0.6) is 5.75 Å². The van der Waals surface area contributed by atoms with E-state index in [1.54, 1.807) is 0 Å². The lowest BCUT2D eigenvalue weighted by molar-refractivity contribution is -0.105. The lowest BCUT2D eigenvalue weighted by Crippen LogP contribution is -2.09. The molecule has 0 fully saturated rings. The summed E-state index contributed by atoms with van der Waals surface area (Å²) in [5.41, 5.74) is -0.0796. The third-order valence-corrected chi connectivity index (χ3v) is 1.74. The average Bonchev–Trinajstić information content (AvgIpc) is 2.07. The fourth-order valence-electron chi connectivity index (χ4n) is 0.861. The zero-order valence-corrected chi connectivity index (χ0v) is 7.99. The summed E-state index contributed by atoms with van der Waals surface area (Å²) < 4.78 is 45.8. The number of benzene rings is 1. The van der Waals surface area contributed by atoms with Crippen molar-refractivity contribution in [3.05, 3.63) is 24.0 Å². The summed E-state index contributed by atoms with van der Waals surface area (Å²) in [6, 6.07) is 2.78. The second-order valence-electron chi connectivity index (χ2n) is 2.41. The Morgan fingerprint density at radius 3 is 2.67 bits per heavy atom. The minimum Gasteiger partial charge on any atom is -0.359 e. The van der Waals surface area contributed by atoms with E-state index in [-0.39, 0.29) is 12.1 Å². The maximum atomic E-state index is 12.7. The minimum absolute atomic E-state index is 0.0796. The number of carbonyl (C=O) groups excluding carboxylic acids is 1. The van der Waals surface area contributed by atoms with Crippen molar-refractivity contribution in [1.82, 2.24) is 0 Å². The molecule has 0 atom stereocenters. The lowest BCUT2D eigenvalue weighted by atomic mass is 10.3. The van der Waals surface area contributed by atoms with Crippen LogP contribution in [0.3, 0.4) is 0 Å². The number of hydrogen-bond donors (Lipinski definition) is 2. The van der Waals surface area contributed by atoms with Crippen LogP contribution in [0.15, 0.2) is 18.2 Å². The molecule has 0 aliphatic rings. The molecule has 0 saturated heterocycles. The van der Waals surface area contributed by atoms with E-state index in [1.165, 1.54) is 0 Å². The molecule has 0 aliphatic carbocycles. The normalized spacial score (nSPS) is 10.8. The molecule has 2 N–H and O–H groups in total. The van der Waals surface area contributed by atoms with Gasteiger partial charge in [-0.3, -0.25) is 9.35 Å². The van der Waals surface area contributed by atoms with E-state index in [0.717, 1.165) is 12.1 Å². The van der Waals surface area contributed by atoms with Gasteiger partial charge in [0.05, 0.1) is 5.69 Å². The van der Waals surface area contributed by atoms with Crippen LogP contribution in [0.4, 0.5) is 10.1 Å². The van der Waals surface area contributed by atoms with Crippen molar-refractivity contribution in [3.8, 4) is 5.75 Å². The topological polar surface area (TPSA) is 92.7 Å². The standard InChI is InChI=1S/C7H6FNO5S/c8-5-1-2-6(9-4-10)7(3-5)14-15(11,12)13/h1-4H,(H,9,10)(H,11,12,13). The second-order valence-corrected chi connectivity index (χ2v) is 3.44. The van der Waals surface area contributed by atoms with E-state index < -0.39 is 22.0 Å². The van der Waals surface area contributed by atoms with Gasteiger partial charge in [-0.1, -0.05) is 0 Å². The molecule has 1 aromatic rings. The Balaban J connectivity index is 3.12. The van der Waals surface area contributed by atoms with Gasteiger partial charge in [-0.05, 0) is 12.1 Å². The summed E-state index contributed by atoms with van der Waals surface area (Å²) in [6.07, 6.45) is 0.254. The molecule has 0 aliphatic heterocycles. The van der Waals surface area contributed by atoms with Crippen molar-refractivity contribution >= 4 is 22.5 Å². The smallest absolute Gasteiger partial charge is 0.359 e. The average molecular weight is 235 g/mol. The SMILES string of the molecule is O=CNc1ccc(F)cc1OS(=O)(=O)O.